The minimum absolute atomic E-state index is 0.243. The summed E-state index contributed by atoms with van der Waals surface area (Å²) in [6.07, 6.45) is 1.92. The highest BCUT2D eigenvalue weighted by atomic mass is 32.2. The van der Waals surface area contributed by atoms with E-state index in [9.17, 15) is 8.42 Å². The van der Waals surface area contributed by atoms with Crippen molar-refractivity contribution in [3.05, 3.63) is 35.4 Å². The molecule has 18 heavy (non-hydrogen) atoms. The van der Waals surface area contributed by atoms with Gasteiger partial charge in [0.1, 0.15) is 9.84 Å². The van der Waals surface area contributed by atoms with E-state index >= 15 is 0 Å². The summed E-state index contributed by atoms with van der Waals surface area (Å²) >= 11 is 0. The van der Waals surface area contributed by atoms with E-state index in [4.69, 9.17) is 4.74 Å². The zero-order valence-electron chi connectivity index (χ0n) is 11.0. The van der Waals surface area contributed by atoms with E-state index in [1.807, 2.05) is 12.1 Å². The smallest absolute Gasteiger partial charge is 0.147 e. The molecule has 0 heterocycles. The fourth-order valence-electron chi connectivity index (χ4n) is 1.61. The van der Waals surface area contributed by atoms with Crippen molar-refractivity contribution in [1.29, 1.82) is 0 Å². The Morgan fingerprint density at radius 1 is 1.17 bits per heavy atom. The molecule has 0 atom stereocenters. The van der Waals surface area contributed by atoms with Gasteiger partial charge in [0.25, 0.3) is 0 Å². The molecule has 0 saturated heterocycles. The van der Waals surface area contributed by atoms with Gasteiger partial charge in [-0.2, -0.15) is 0 Å². The summed E-state index contributed by atoms with van der Waals surface area (Å²) in [5, 5.41) is 3.23. The van der Waals surface area contributed by atoms with Gasteiger partial charge in [-0.05, 0) is 24.1 Å². The third-order valence-corrected chi connectivity index (χ3v) is 3.56. The van der Waals surface area contributed by atoms with Crippen molar-refractivity contribution in [2.75, 3.05) is 25.7 Å². The molecular formula is C13H21NO3S. The van der Waals surface area contributed by atoms with Crippen LogP contribution in [0, 0.1) is 0 Å². The largest absolute Gasteiger partial charge is 0.380 e. The van der Waals surface area contributed by atoms with Gasteiger partial charge >= 0.3 is 0 Å². The highest BCUT2D eigenvalue weighted by Crippen LogP contribution is 2.05. The van der Waals surface area contributed by atoms with E-state index in [1.54, 1.807) is 7.11 Å². The molecular weight excluding hydrogens is 250 g/mol. The van der Waals surface area contributed by atoms with E-state index < -0.39 is 9.84 Å². The van der Waals surface area contributed by atoms with Crippen LogP contribution >= 0.6 is 0 Å². The quantitative estimate of drug-likeness (QED) is 0.725. The van der Waals surface area contributed by atoms with Crippen molar-refractivity contribution >= 4 is 9.84 Å². The summed E-state index contributed by atoms with van der Waals surface area (Å²) in [6, 6.07) is 8.18. The molecule has 1 aromatic rings. The van der Waals surface area contributed by atoms with Crippen molar-refractivity contribution in [3.63, 3.8) is 0 Å². The van der Waals surface area contributed by atoms with Crippen LogP contribution in [0.5, 0.6) is 0 Å². The van der Waals surface area contributed by atoms with Crippen molar-refractivity contribution in [1.82, 2.24) is 5.32 Å². The molecule has 0 aromatic heterocycles. The van der Waals surface area contributed by atoms with Crippen LogP contribution < -0.4 is 5.32 Å². The summed E-state index contributed by atoms with van der Waals surface area (Å²) in [4.78, 5) is 0. The highest BCUT2D eigenvalue weighted by Gasteiger charge is 2.00. The van der Waals surface area contributed by atoms with Crippen LogP contribution in [-0.4, -0.2) is 34.1 Å². The predicted molar refractivity (Wildman–Crippen MR) is 73.2 cm³/mol. The standard InChI is InChI=1S/C13H21NO3S/c1-17-11-13-6-4-12(5-7-13)10-14-8-3-9-18(2,15)16/h4-7,14H,3,8-11H2,1-2H3. The van der Waals surface area contributed by atoms with Crippen LogP contribution in [0.3, 0.4) is 0 Å². The topological polar surface area (TPSA) is 55.4 Å². The lowest BCUT2D eigenvalue weighted by molar-refractivity contribution is 0.185. The van der Waals surface area contributed by atoms with Crippen molar-refractivity contribution in [3.8, 4) is 0 Å². The molecule has 0 saturated carbocycles. The molecule has 0 bridgehead atoms. The first-order valence-electron chi connectivity index (χ1n) is 5.96. The summed E-state index contributed by atoms with van der Waals surface area (Å²) in [6.45, 7) is 2.10. The van der Waals surface area contributed by atoms with Gasteiger partial charge in [0.15, 0.2) is 0 Å². The van der Waals surface area contributed by atoms with Gasteiger partial charge in [0, 0.05) is 19.9 Å². The van der Waals surface area contributed by atoms with Crippen LogP contribution in [0.1, 0.15) is 17.5 Å². The van der Waals surface area contributed by atoms with Gasteiger partial charge in [0.2, 0.25) is 0 Å². The molecule has 102 valence electrons. The normalized spacial score (nSPS) is 11.7. The summed E-state index contributed by atoms with van der Waals surface area (Å²) < 4.78 is 26.9. The third kappa shape index (κ3) is 6.74. The van der Waals surface area contributed by atoms with Crippen LogP contribution in [0.15, 0.2) is 24.3 Å². The third-order valence-electron chi connectivity index (χ3n) is 2.53. The Hall–Kier alpha value is -0.910. The fraction of sp³-hybridized carbons (Fsp3) is 0.538. The minimum atomic E-state index is -2.84. The van der Waals surface area contributed by atoms with Crippen molar-refractivity contribution in [2.24, 2.45) is 0 Å². The second-order valence-corrected chi connectivity index (χ2v) is 6.67. The maximum Gasteiger partial charge on any atom is 0.147 e. The molecule has 0 amide bonds. The molecule has 0 aliphatic carbocycles. The molecule has 5 heteroatoms. The van der Waals surface area contributed by atoms with Crippen LogP contribution in [-0.2, 0) is 27.7 Å². The molecule has 1 rings (SSSR count). The first-order chi connectivity index (χ1) is 8.51. The van der Waals surface area contributed by atoms with Crippen molar-refractivity contribution in [2.45, 2.75) is 19.6 Å². The minimum Gasteiger partial charge on any atom is -0.380 e. The number of hydrogen-bond donors (Lipinski definition) is 1. The van der Waals surface area contributed by atoms with E-state index in [0.717, 1.165) is 12.1 Å². The molecule has 1 N–H and O–H groups in total. The number of nitrogens with one attached hydrogen (secondary N) is 1. The maximum atomic E-state index is 10.9. The van der Waals surface area contributed by atoms with E-state index in [0.29, 0.717) is 19.6 Å². The summed E-state index contributed by atoms with van der Waals surface area (Å²) in [5.41, 5.74) is 2.34. The van der Waals surface area contributed by atoms with E-state index in [1.165, 1.54) is 11.8 Å². The Bertz CT molecular complexity index is 440. The van der Waals surface area contributed by atoms with E-state index in [-0.39, 0.29) is 5.75 Å². The van der Waals surface area contributed by atoms with Gasteiger partial charge in [-0.15, -0.1) is 0 Å². The zero-order valence-corrected chi connectivity index (χ0v) is 11.8. The molecule has 0 radical (unpaired) electrons. The van der Waals surface area contributed by atoms with Gasteiger partial charge in [-0.1, -0.05) is 24.3 Å². The average Bonchev–Trinajstić information content (AvgIpc) is 2.30. The Balaban J connectivity index is 2.23. The Morgan fingerprint density at radius 3 is 2.33 bits per heavy atom. The Morgan fingerprint density at radius 2 is 1.78 bits per heavy atom. The lowest BCUT2D eigenvalue weighted by atomic mass is 10.1. The first kappa shape index (κ1) is 15.1. The molecule has 1 aromatic carbocycles. The molecule has 0 aliphatic heterocycles. The Labute approximate surface area is 109 Å². The van der Waals surface area contributed by atoms with E-state index in [2.05, 4.69) is 17.4 Å². The van der Waals surface area contributed by atoms with Crippen LogP contribution in [0.4, 0.5) is 0 Å². The molecule has 0 fully saturated rings. The molecule has 0 aliphatic rings. The average molecular weight is 271 g/mol. The number of methoxy groups -OCH3 is 1. The maximum absolute atomic E-state index is 10.9. The van der Waals surface area contributed by atoms with Gasteiger partial charge in [-0.25, -0.2) is 8.42 Å². The number of benzene rings is 1. The zero-order chi connectivity index (χ0) is 13.4. The first-order valence-corrected chi connectivity index (χ1v) is 8.02. The molecule has 4 nitrogen and oxygen atoms in total. The van der Waals surface area contributed by atoms with Crippen molar-refractivity contribution < 1.29 is 13.2 Å². The highest BCUT2D eigenvalue weighted by molar-refractivity contribution is 7.90. The number of rotatable bonds is 8. The number of ether oxygens (including phenoxy) is 1. The number of sulfone groups is 1. The van der Waals surface area contributed by atoms with Crippen LogP contribution in [0.25, 0.3) is 0 Å². The summed E-state index contributed by atoms with van der Waals surface area (Å²) in [5.74, 6) is 0.243. The second-order valence-electron chi connectivity index (χ2n) is 4.41. The Kier molecular flexibility index (Phi) is 6.32. The fourth-order valence-corrected chi connectivity index (χ4v) is 2.28. The predicted octanol–water partition coefficient (Wildman–Crippen LogP) is 1.36. The number of hydrogen-bond acceptors (Lipinski definition) is 4. The SMILES string of the molecule is COCc1ccc(CNCCCS(C)(=O)=O)cc1. The van der Waals surface area contributed by atoms with Gasteiger partial charge < -0.3 is 10.1 Å². The van der Waals surface area contributed by atoms with Gasteiger partial charge in [0.05, 0.1) is 12.4 Å². The summed E-state index contributed by atoms with van der Waals surface area (Å²) in [7, 11) is -1.16. The molecule has 0 spiro atoms. The molecule has 0 unspecified atom stereocenters. The monoisotopic (exact) mass is 271 g/mol. The van der Waals surface area contributed by atoms with Gasteiger partial charge in [-0.3, -0.25) is 0 Å². The lowest BCUT2D eigenvalue weighted by Gasteiger charge is -2.05. The second kappa shape index (κ2) is 7.51. The van der Waals surface area contributed by atoms with Crippen LogP contribution in [0.2, 0.25) is 0 Å². The lowest BCUT2D eigenvalue weighted by Crippen LogP contribution is -2.17.